The SMILES string of the molecule is C=C(C)C(=O)OCCCNC(=O)OC(CCCCCC)CCCCCCCCCCC(=O)O.CCC.CCCCCC=C(C)CCCCCCCCCCC(=O)O.N. The summed E-state index contributed by atoms with van der Waals surface area (Å²) >= 11 is 0. The second-order valence-electron chi connectivity index (χ2n) is 15.8. The molecule has 0 aromatic carbocycles. The van der Waals surface area contributed by atoms with Crippen LogP contribution in [0, 0.1) is 0 Å². The number of ether oxygens (including phenoxy) is 2. The third-order valence-corrected chi connectivity index (χ3v) is 9.50. The predicted octanol–water partition coefficient (Wildman–Crippen LogP) is 14.6. The number of carboxylic acids is 2. The lowest BCUT2D eigenvalue weighted by Gasteiger charge is -2.18. The highest BCUT2D eigenvalue weighted by Gasteiger charge is 2.14. The molecular formula is C48H94N2O8. The number of carbonyl (C=O) groups is 4. The van der Waals surface area contributed by atoms with Crippen LogP contribution in [0.5, 0.6) is 0 Å². The standard InChI is InChI=1S/C26H47NO6.C19H36O2.C3H8.H3N/c1-4-5-6-13-17-23(18-14-11-9-7-8-10-12-15-19-24(28)29)33-26(31)27-20-16-21-32-25(30)22(2)3;1-3-4-5-12-15-18(2)16-13-10-8-6-7-9-11-14-17-19(20)21;1-3-2;/h23H,2,4-21H2,1,3H3,(H,27,31)(H,28,29);15H,3-14,16-17H2,1-2H3,(H,20,21);3H2,1-2H3;1H3. The van der Waals surface area contributed by atoms with Gasteiger partial charge in [0.2, 0.25) is 0 Å². The Morgan fingerprint density at radius 2 is 0.983 bits per heavy atom. The van der Waals surface area contributed by atoms with Gasteiger partial charge in [-0.1, -0.05) is 161 Å². The quantitative estimate of drug-likeness (QED) is 0.0206. The molecule has 0 aliphatic rings. The van der Waals surface area contributed by atoms with Gasteiger partial charge in [0.05, 0.1) is 6.61 Å². The van der Waals surface area contributed by atoms with E-state index in [2.05, 4.69) is 52.6 Å². The van der Waals surface area contributed by atoms with E-state index in [9.17, 15) is 19.2 Å². The average Bonchev–Trinajstić information content (AvgIpc) is 3.16. The molecule has 10 heteroatoms. The number of aliphatic carboxylic acids is 2. The summed E-state index contributed by atoms with van der Waals surface area (Å²) in [6, 6.07) is 0. The first-order valence-corrected chi connectivity index (χ1v) is 23.3. The number of amides is 1. The smallest absolute Gasteiger partial charge is 0.407 e. The molecule has 0 aromatic heterocycles. The van der Waals surface area contributed by atoms with Crippen LogP contribution < -0.4 is 11.5 Å². The Labute approximate surface area is 357 Å². The zero-order chi connectivity index (χ0) is 43.2. The number of carboxylic acid groups (broad SMARTS) is 2. The lowest BCUT2D eigenvalue weighted by atomic mass is 10.0. The monoisotopic (exact) mass is 827 g/mol. The van der Waals surface area contributed by atoms with Crippen LogP contribution in [0.4, 0.5) is 4.79 Å². The van der Waals surface area contributed by atoms with E-state index in [0.29, 0.717) is 25.0 Å². The van der Waals surface area contributed by atoms with Crippen molar-refractivity contribution in [3.63, 3.8) is 0 Å². The normalized spacial score (nSPS) is 11.2. The molecule has 10 nitrogen and oxygen atoms in total. The summed E-state index contributed by atoms with van der Waals surface area (Å²) in [6.45, 7) is 16.7. The van der Waals surface area contributed by atoms with Crippen LogP contribution >= 0.6 is 0 Å². The first kappa shape index (κ1) is 61.8. The molecule has 0 heterocycles. The van der Waals surface area contributed by atoms with Gasteiger partial charge in [0.1, 0.15) is 6.10 Å². The fourth-order valence-corrected chi connectivity index (χ4v) is 6.10. The first-order valence-electron chi connectivity index (χ1n) is 23.3. The van der Waals surface area contributed by atoms with E-state index >= 15 is 0 Å². The van der Waals surface area contributed by atoms with Crippen molar-refractivity contribution in [3.8, 4) is 0 Å². The molecular weight excluding hydrogens is 733 g/mol. The summed E-state index contributed by atoms with van der Waals surface area (Å²) in [5.41, 5.74) is 1.93. The molecule has 0 rings (SSSR count). The minimum Gasteiger partial charge on any atom is -0.481 e. The lowest BCUT2D eigenvalue weighted by Crippen LogP contribution is -2.30. The van der Waals surface area contributed by atoms with E-state index in [4.69, 9.17) is 19.7 Å². The number of rotatable bonds is 37. The van der Waals surface area contributed by atoms with E-state index in [1.807, 2.05) is 0 Å². The number of allylic oxidation sites excluding steroid dienone is 2. The topological polar surface area (TPSA) is 174 Å². The summed E-state index contributed by atoms with van der Waals surface area (Å²) in [5.74, 6) is -1.78. The van der Waals surface area contributed by atoms with Crippen molar-refractivity contribution in [3.05, 3.63) is 23.8 Å². The minimum atomic E-state index is -0.709. The highest BCUT2D eigenvalue weighted by molar-refractivity contribution is 5.86. The lowest BCUT2D eigenvalue weighted by molar-refractivity contribution is -0.139. The van der Waals surface area contributed by atoms with Gasteiger partial charge in [0, 0.05) is 25.0 Å². The third kappa shape index (κ3) is 55.2. The minimum absolute atomic E-state index is 0. The Morgan fingerprint density at radius 3 is 1.41 bits per heavy atom. The van der Waals surface area contributed by atoms with Crippen molar-refractivity contribution in [2.24, 2.45) is 0 Å². The highest BCUT2D eigenvalue weighted by Crippen LogP contribution is 2.18. The molecule has 1 atom stereocenters. The van der Waals surface area contributed by atoms with Gasteiger partial charge in [0.15, 0.2) is 0 Å². The molecule has 6 N–H and O–H groups in total. The second kappa shape index (κ2) is 50.3. The number of esters is 1. The van der Waals surface area contributed by atoms with E-state index in [1.54, 1.807) is 12.5 Å². The van der Waals surface area contributed by atoms with Crippen LogP contribution in [0.15, 0.2) is 23.8 Å². The molecule has 344 valence electrons. The number of hydrogen-bond donors (Lipinski definition) is 4. The maximum atomic E-state index is 12.2. The molecule has 0 aliphatic heterocycles. The number of hydrogen-bond acceptors (Lipinski definition) is 7. The van der Waals surface area contributed by atoms with Crippen LogP contribution in [0.2, 0.25) is 0 Å². The molecule has 0 saturated carbocycles. The maximum Gasteiger partial charge on any atom is 0.407 e. The van der Waals surface area contributed by atoms with Crippen molar-refractivity contribution in [1.82, 2.24) is 11.5 Å². The van der Waals surface area contributed by atoms with E-state index in [0.717, 1.165) is 83.5 Å². The van der Waals surface area contributed by atoms with Crippen molar-refractivity contribution in [1.29, 1.82) is 0 Å². The molecule has 0 spiro atoms. The summed E-state index contributed by atoms with van der Waals surface area (Å²) < 4.78 is 10.7. The number of carbonyl (C=O) groups excluding carboxylic acids is 2. The molecule has 1 amide bonds. The Morgan fingerprint density at radius 1 is 0.586 bits per heavy atom. The zero-order valence-electron chi connectivity index (χ0n) is 38.7. The number of alkyl carbamates (subject to hydrolysis) is 1. The summed E-state index contributed by atoms with van der Waals surface area (Å²) in [6.07, 6.45) is 35.5. The summed E-state index contributed by atoms with van der Waals surface area (Å²) in [4.78, 5) is 44.3. The van der Waals surface area contributed by atoms with Crippen LogP contribution in [-0.2, 0) is 23.9 Å². The van der Waals surface area contributed by atoms with Crippen LogP contribution in [0.25, 0.3) is 0 Å². The molecule has 0 aliphatic carbocycles. The molecule has 0 saturated heterocycles. The average molecular weight is 827 g/mol. The Bertz CT molecular complexity index is 985. The van der Waals surface area contributed by atoms with Gasteiger partial charge in [0.25, 0.3) is 0 Å². The maximum absolute atomic E-state index is 12.2. The molecule has 58 heavy (non-hydrogen) atoms. The molecule has 0 fully saturated rings. The van der Waals surface area contributed by atoms with E-state index in [1.165, 1.54) is 96.3 Å². The fraction of sp³-hybridized carbons (Fsp3) is 0.833. The van der Waals surface area contributed by atoms with Gasteiger partial charge in [-0.25, -0.2) is 9.59 Å². The largest absolute Gasteiger partial charge is 0.481 e. The summed E-state index contributed by atoms with van der Waals surface area (Å²) in [5, 5.41) is 19.9. The van der Waals surface area contributed by atoms with Gasteiger partial charge in [-0.15, -0.1) is 0 Å². The third-order valence-electron chi connectivity index (χ3n) is 9.50. The van der Waals surface area contributed by atoms with Crippen molar-refractivity contribution in [2.45, 2.75) is 247 Å². The Kier molecular flexibility index (Phi) is 53.5. The van der Waals surface area contributed by atoms with Gasteiger partial charge < -0.3 is 31.2 Å². The van der Waals surface area contributed by atoms with Crippen LogP contribution in [0.1, 0.15) is 241 Å². The predicted molar refractivity (Wildman–Crippen MR) is 244 cm³/mol. The van der Waals surface area contributed by atoms with Crippen LogP contribution in [-0.4, -0.2) is 53.5 Å². The first-order chi connectivity index (χ1) is 27.4. The highest BCUT2D eigenvalue weighted by atomic mass is 16.6. The van der Waals surface area contributed by atoms with Crippen molar-refractivity contribution >= 4 is 24.0 Å². The van der Waals surface area contributed by atoms with Crippen molar-refractivity contribution in [2.75, 3.05) is 13.2 Å². The van der Waals surface area contributed by atoms with Crippen LogP contribution in [0.3, 0.4) is 0 Å². The van der Waals surface area contributed by atoms with Gasteiger partial charge in [-0.05, 0) is 84.5 Å². The Balaban J connectivity index is -0.000000501. The van der Waals surface area contributed by atoms with Gasteiger partial charge in [-0.2, -0.15) is 0 Å². The van der Waals surface area contributed by atoms with E-state index in [-0.39, 0.29) is 25.3 Å². The number of nitrogens with one attached hydrogen (secondary N) is 1. The molecule has 0 bridgehead atoms. The molecule has 0 aromatic rings. The van der Waals surface area contributed by atoms with Gasteiger partial charge >= 0.3 is 24.0 Å². The van der Waals surface area contributed by atoms with Crippen molar-refractivity contribution < 1.29 is 38.9 Å². The molecule has 0 radical (unpaired) electrons. The zero-order valence-corrected chi connectivity index (χ0v) is 38.7. The Hall–Kier alpha value is -2.88. The summed E-state index contributed by atoms with van der Waals surface area (Å²) in [7, 11) is 0. The number of unbranched alkanes of at least 4 members (excludes halogenated alkanes) is 20. The fourth-order valence-electron chi connectivity index (χ4n) is 6.10. The molecule has 1 unspecified atom stereocenters. The second-order valence-corrected chi connectivity index (χ2v) is 15.8. The van der Waals surface area contributed by atoms with Gasteiger partial charge in [-0.3, -0.25) is 9.59 Å². The van der Waals surface area contributed by atoms with E-state index < -0.39 is 24.0 Å².